The Kier molecular flexibility index (Phi) is 8.85. The van der Waals surface area contributed by atoms with Crippen LogP contribution in [0.2, 0.25) is 0 Å². The number of thiocarbonyl (C=S) groups is 1. The maximum Gasteiger partial charge on any atom is 0.417 e. The van der Waals surface area contributed by atoms with Gasteiger partial charge in [0.25, 0.3) is 16.0 Å². The topological polar surface area (TPSA) is 120 Å². The number of nitriles is 1. The molecule has 1 heterocycles. The number of hydrogen-bond acceptors (Lipinski definition) is 8. The summed E-state index contributed by atoms with van der Waals surface area (Å²) < 4.78 is 76.6. The number of hydrogen-bond donors (Lipinski definition) is 1. The minimum absolute atomic E-state index is 0.0654. The molecule has 3 aromatic rings. The van der Waals surface area contributed by atoms with Crippen molar-refractivity contribution in [3.8, 4) is 11.8 Å². The molecule has 0 aromatic heterocycles. The molecule has 0 unspecified atom stereocenters. The van der Waals surface area contributed by atoms with Gasteiger partial charge in [-0.15, -0.1) is 0 Å². The molecular weight excluding hydrogens is 607 g/mol. The second-order valence-electron chi connectivity index (χ2n) is 10.1. The Morgan fingerprint density at radius 2 is 1.65 bits per heavy atom. The predicted octanol–water partition coefficient (Wildman–Crippen LogP) is 4.95. The summed E-state index contributed by atoms with van der Waals surface area (Å²) in [7, 11) is -4.15. The molecule has 0 bridgehead atoms. The smallest absolute Gasteiger partial charge is 0.417 e. The fourth-order valence-electron chi connectivity index (χ4n) is 4.39. The number of nitrogens with zero attached hydrogens (tertiary/aromatic N) is 3. The fraction of sp³-hybridized carbons (Fsp3) is 0.276. The zero-order valence-corrected chi connectivity index (χ0v) is 24.8. The summed E-state index contributed by atoms with van der Waals surface area (Å²) >= 11 is 5.53. The van der Waals surface area contributed by atoms with Gasteiger partial charge < -0.3 is 14.7 Å². The highest BCUT2D eigenvalue weighted by Gasteiger charge is 2.50. The van der Waals surface area contributed by atoms with E-state index in [9.17, 15) is 31.5 Å². The zero-order chi connectivity index (χ0) is 31.7. The van der Waals surface area contributed by atoms with Gasteiger partial charge in [-0.1, -0.05) is 17.7 Å². The van der Waals surface area contributed by atoms with Gasteiger partial charge in [0, 0.05) is 5.69 Å². The number of amides is 1. The van der Waals surface area contributed by atoms with Crippen molar-refractivity contribution in [2.24, 2.45) is 0 Å². The Hall–Kier alpha value is -4.03. The van der Waals surface area contributed by atoms with Crippen LogP contribution in [0.4, 0.5) is 24.5 Å². The summed E-state index contributed by atoms with van der Waals surface area (Å²) in [5, 5.41) is 18.7. The molecule has 1 aliphatic heterocycles. The Morgan fingerprint density at radius 1 is 1.05 bits per heavy atom. The van der Waals surface area contributed by atoms with Crippen molar-refractivity contribution in [1.82, 2.24) is 0 Å². The van der Waals surface area contributed by atoms with Crippen LogP contribution >= 0.6 is 12.2 Å². The number of alkyl halides is 3. The second-order valence-corrected chi connectivity index (χ2v) is 12.1. The van der Waals surface area contributed by atoms with Gasteiger partial charge >= 0.3 is 6.18 Å². The van der Waals surface area contributed by atoms with E-state index < -0.39 is 51.6 Å². The third-order valence-electron chi connectivity index (χ3n) is 6.66. The van der Waals surface area contributed by atoms with Crippen molar-refractivity contribution in [2.45, 2.75) is 43.5 Å². The van der Waals surface area contributed by atoms with Crippen molar-refractivity contribution in [3.63, 3.8) is 0 Å². The van der Waals surface area contributed by atoms with E-state index in [1.165, 1.54) is 41.3 Å². The normalized spacial score (nSPS) is 15.9. The molecule has 0 aliphatic carbocycles. The van der Waals surface area contributed by atoms with Crippen molar-refractivity contribution >= 4 is 44.7 Å². The molecule has 1 fully saturated rings. The molecule has 226 valence electrons. The lowest BCUT2D eigenvalue weighted by Gasteiger charge is -2.29. The zero-order valence-electron chi connectivity index (χ0n) is 23.1. The molecule has 1 saturated heterocycles. The average Bonchev–Trinajstić information content (AvgIpc) is 3.13. The Balaban J connectivity index is 1.50. The monoisotopic (exact) mass is 633 g/mol. The van der Waals surface area contributed by atoms with Gasteiger partial charge in [-0.25, -0.2) is 0 Å². The minimum Gasteiger partial charge on any atom is -0.491 e. The van der Waals surface area contributed by atoms with Gasteiger partial charge in [0.05, 0.1) is 34.4 Å². The van der Waals surface area contributed by atoms with Crippen LogP contribution in [-0.4, -0.2) is 49.4 Å². The summed E-state index contributed by atoms with van der Waals surface area (Å²) in [4.78, 5) is 15.8. The summed E-state index contributed by atoms with van der Waals surface area (Å²) in [6.07, 6.45) is -6.02. The first-order valence-corrected chi connectivity index (χ1v) is 14.6. The fourth-order valence-corrected chi connectivity index (χ4v) is 5.97. The molecule has 1 atom stereocenters. The molecule has 0 radical (unpaired) electrons. The molecular formula is C29H26F3N3O6S2. The van der Waals surface area contributed by atoms with Crippen LogP contribution in [0.15, 0.2) is 71.6 Å². The summed E-state index contributed by atoms with van der Waals surface area (Å²) in [6, 6.07) is 16.7. The highest BCUT2D eigenvalue weighted by Crippen LogP contribution is 2.40. The highest BCUT2D eigenvalue weighted by atomic mass is 32.2. The van der Waals surface area contributed by atoms with E-state index in [4.69, 9.17) is 26.4 Å². The number of benzene rings is 3. The maximum absolute atomic E-state index is 13.6. The van der Waals surface area contributed by atoms with Crippen molar-refractivity contribution in [1.29, 1.82) is 5.26 Å². The second kappa shape index (κ2) is 11.9. The van der Waals surface area contributed by atoms with Crippen LogP contribution in [0, 0.1) is 18.3 Å². The van der Waals surface area contributed by atoms with Crippen LogP contribution in [0.5, 0.6) is 5.75 Å². The third-order valence-corrected chi connectivity index (χ3v) is 8.40. The molecule has 43 heavy (non-hydrogen) atoms. The van der Waals surface area contributed by atoms with Gasteiger partial charge in [0.15, 0.2) is 5.11 Å². The molecule has 0 spiro atoms. The number of aryl methyl sites for hydroxylation is 1. The molecule has 4 rings (SSSR count). The number of anilines is 2. The van der Waals surface area contributed by atoms with Crippen LogP contribution in [0.25, 0.3) is 0 Å². The first-order chi connectivity index (χ1) is 20.1. The average molecular weight is 634 g/mol. The van der Waals surface area contributed by atoms with Crippen molar-refractivity contribution in [2.75, 3.05) is 23.0 Å². The number of aliphatic hydroxyl groups is 1. The summed E-state index contributed by atoms with van der Waals surface area (Å²) in [5.74, 6) is -0.292. The number of rotatable bonds is 9. The number of carbonyl (C=O) groups is 1. The van der Waals surface area contributed by atoms with E-state index in [1.807, 2.05) is 6.92 Å². The number of halogens is 3. The van der Waals surface area contributed by atoms with E-state index in [0.29, 0.717) is 5.69 Å². The first kappa shape index (κ1) is 31.9. The van der Waals surface area contributed by atoms with Crippen LogP contribution in [-0.2, 0) is 25.3 Å². The van der Waals surface area contributed by atoms with Crippen LogP contribution in [0.1, 0.15) is 30.5 Å². The molecule has 1 aliphatic rings. The number of aliphatic hydroxyl groups excluding tert-OH is 1. The minimum atomic E-state index is -4.82. The lowest BCUT2D eigenvalue weighted by Crippen LogP contribution is -2.44. The molecule has 3 aromatic carbocycles. The van der Waals surface area contributed by atoms with E-state index in [0.717, 1.165) is 22.6 Å². The largest absolute Gasteiger partial charge is 0.491 e. The Labute approximate surface area is 251 Å². The lowest BCUT2D eigenvalue weighted by molar-refractivity contribution is -0.137. The van der Waals surface area contributed by atoms with Gasteiger partial charge in [-0.2, -0.15) is 26.9 Å². The predicted molar refractivity (Wildman–Crippen MR) is 155 cm³/mol. The quantitative estimate of drug-likeness (QED) is 0.258. The Bertz CT molecular complexity index is 1690. The van der Waals surface area contributed by atoms with E-state index in [2.05, 4.69) is 0 Å². The third kappa shape index (κ3) is 6.50. The highest BCUT2D eigenvalue weighted by molar-refractivity contribution is 7.86. The van der Waals surface area contributed by atoms with E-state index >= 15 is 0 Å². The molecule has 1 amide bonds. The first-order valence-electron chi connectivity index (χ1n) is 12.7. The van der Waals surface area contributed by atoms with Gasteiger partial charge in [-0.3, -0.25) is 13.9 Å². The Morgan fingerprint density at radius 3 is 2.21 bits per heavy atom. The summed E-state index contributed by atoms with van der Waals surface area (Å²) in [6.45, 7) is 4.00. The van der Waals surface area contributed by atoms with Gasteiger partial charge in [-0.05, 0) is 87.6 Å². The van der Waals surface area contributed by atoms with E-state index in [1.54, 1.807) is 38.1 Å². The van der Waals surface area contributed by atoms with Gasteiger partial charge in [0.2, 0.25) is 0 Å². The number of ether oxygens (including phenoxy) is 1. The van der Waals surface area contributed by atoms with Crippen molar-refractivity contribution < 1.29 is 40.4 Å². The summed E-state index contributed by atoms with van der Waals surface area (Å²) in [5.41, 5.74) is -1.89. The standard InChI is InChI=1S/C29H26F3N3O6S2/c1-18-4-12-24(13-5-18)43(38,39)41-23(16-36)17-40-22-10-8-20(9-11-22)35-27(42)34(26(37)28(35,2)3)21-7-6-19(15-33)25(14-21)29(30,31)32/h4-14,23,36H,16-17H2,1-3H3/t23-/m0/s1. The maximum atomic E-state index is 13.6. The molecule has 0 saturated carbocycles. The van der Waals surface area contributed by atoms with E-state index in [-0.39, 0.29) is 28.1 Å². The van der Waals surface area contributed by atoms with Crippen LogP contribution in [0.3, 0.4) is 0 Å². The molecule has 9 nitrogen and oxygen atoms in total. The van der Waals surface area contributed by atoms with Gasteiger partial charge in [0.1, 0.15) is 24.0 Å². The lowest BCUT2D eigenvalue weighted by atomic mass is 10.0. The van der Waals surface area contributed by atoms with Crippen molar-refractivity contribution in [3.05, 3.63) is 83.4 Å². The molecule has 1 N–H and O–H groups in total. The SMILES string of the molecule is Cc1ccc(S(=O)(=O)O[C@@H](CO)COc2ccc(N3C(=S)N(c4ccc(C#N)c(C(F)(F)F)c4)C(=O)C3(C)C)cc2)cc1. The molecule has 14 heteroatoms. The number of carbonyl (C=O) groups excluding carboxylic acids is 1. The van der Waals surface area contributed by atoms with Crippen LogP contribution < -0.4 is 14.5 Å².